The van der Waals surface area contributed by atoms with Gasteiger partial charge in [-0.1, -0.05) is 6.07 Å². The summed E-state index contributed by atoms with van der Waals surface area (Å²) < 4.78 is 28.3. The lowest BCUT2D eigenvalue weighted by molar-refractivity contribution is 0.259. The summed E-state index contributed by atoms with van der Waals surface area (Å²) in [5.74, 6) is 1.25. The lowest BCUT2D eigenvalue weighted by Crippen LogP contribution is -2.19. The molecule has 3 rings (SSSR count). The molecule has 0 radical (unpaired) electrons. The van der Waals surface area contributed by atoms with Gasteiger partial charge in [-0.2, -0.15) is 4.36 Å². The number of ether oxygens (including phenoxy) is 2. The molecule has 0 aliphatic heterocycles. The van der Waals surface area contributed by atoms with Gasteiger partial charge < -0.3 is 20.5 Å². The minimum Gasteiger partial charge on any atom is -0.493 e. The Morgan fingerprint density at radius 2 is 1.86 bits per heavy atom. The number of nitrogens with two attached hydrogens (primary N) is 1. The molecule has 146 valence electrons. The minimum atomic E-state index is -2.88. The lowest BCUT2D eigenvalue weighted by atomic mass is 10.2. The number of carbonyl (C=O) groups excluding carboxylic acids is 1. The Balaban J connectivity index is 2.15. The molecule has 0 bridgehead atoms. The predicted octanol–water partition coefficient (Wildman–Crippen LogP) is 2.93. The Morgan fingerprint density at radius 3 is 2.54 bits per heavy atom. The lowest BCUT2D eigenvalue weighted by Gasteiger charge is -2.10. The third-order valence-electron chi connectivity index (χ3n) is 3.92. The van der Waals surface area contributed by atoms with Crippen molar-refractivity contribution in [3.63, 3.8) is 0 Å². The van der Waals surface area contributed by atoms with E-state index in [1.165, 1.54) is 26.8 Å². The largest absolute Gasteiger partial charge is 0.493 e. The average molecular weight is 401 g/mol. The SMILES string of the molecule is COc1cc2ncnc(N=S(C)(=O)c3cccc(NC(N)=O)c3)c2cc1OC. The van der Waals surface area contributed by atoms with Crippen molar-refractivity contribution in [2.24, 2.45) is 10.1 Å². The molecule has 2 amide bonds. The Morgan fingerprint density at radius 1 is 1.14 bits per heavy atom. The monoisotopic (exact) mass is 401 g/mol. The fourth-order valence-electron chi connectivity index (χ4n) is 2.61. The van der Waals surface area contributed by atoms with Crippen molar-refractivity contribution >= 4 is 38.2 Å². The van der Waals surface area contributed by atoms with Crippen LogP contribution in [-0.2, 0) is 9.73 Å². The van der Waals surface area contributed by atoms with Crippen molar-refractivity contribution in [2.45, 2.75) is 4.90 Å². The number of aromatic nitrogens is 2. The van der Waals surface area contributed by atoms with Crippen LogP contribution in [-0.4, -0.2) is 40.7 Å². The van der Waals surface area contributed by atoms with Crippen molar-refractivity contribution < 1.29 is 18.5 Å². The third-order valence-corrected chi connectivity index (χ3v) is 5.57. The minimum absolute atomic E-state index is 0.256. The second kappa shape index (κ2) is 7.69. The van der Waals surface area contributed by atoms with Crippen molar-refractivity contribution in [1.29, 1.82) is 0 Å². The topological polar surface area (TPSA) is 129 Å². The number of nitrogens with zero attached hydrogens (tertiary/aromatic N) is 3. The number of benzene rings is 2. The number of hydrogen-bond donors (Lipinski definition) is 2. The maximum absolute atomic E-state index is 13.3. The number of fused-ring (bicyclic) bond motifs is 1. The zero-order valence-electron chi connectivity index (χ0n) is 15.5. The number of primary amides is 1. The van der Waals surface area contributed by atoms with E-state index in [1.54, 1.807) is 36.4 Å². The molecule has 3 N–H and O–H groups in total. The van der Waals surface area contributed by atoms with Gasteiger partial charge in [0.2, 0.25) is 0 Å². The van der Waals surface area contributed by atoms with Crippen molar-refractivity contribution in [3.05, 3.63) is 42.7 Å². The molecule has 0 aliphatic carbocycles. The molecule has 0 saturated heterocycles. The molecular weight excluding hydrogens is 382 g/mol. The van der Waals surface area contributed by atoms with Crippen molar-refractivity contribution in [2.75, 3.05) is 25.8 Å². The van der Waals surface area contributed by atoms with Crippen LogP contribution in [0.4, 0.5) is 16.3 Å². The van der Waals surface area contributed by atoms with E-state index in [0.717, 1.165) is 0 Å². The molecule has 1 heterocycles. The highest BCUT2D eigenvalue weighted by Gasteiger charge is 2.14. The maximum Gasteiger partial charge on any atom is 0.316 e. The van der Waals surface area contributed by atoms with Gasteiger partial charge in [-0.05, 0) is 24.3 Å². The molecule has 0 spiro atoms. The molecule has 3 aromatic rings. The molecule has 1 unspecified atom stereocenters. The van der Waals surface area contributed by atoms with Crippen LogP contribution < -0.4 is 20.5 Å². The summed E-state index contributed by atoms with van der Waals surface area (Å²) in [7, 11) is 0.170. The standard InChI is InChI=1S/C18H19N5O4S/c1-26-15-8-13-14(9-16(15)27-2)20-10-21-17(13)23-28(3,25)12-6-4-5-11(7-12)22-18(19)24/h4-10H,1-3H3,(H3,19,22,24). The third kappa shape index (κ3) is 3.96. The molecule has 2 aromatic carbocycles. The summed E-state index contributed by atoms with van der Waals surface area (Å²) in [4.78, 5) is 19.9. The van der Waals surface area contributed by atoms with E-state index in [2.05, 4.69) is 19.6 Å². The van der Waals surface area contributed by atoms with Gasteiger partial charge >= 0.3 is 6.03 Å². The first-order chi connectivity index (χ1) is 13.3. The van der Waals surface area contributed by atoms with Crippen LogP contribution in [0.3, 0.4) is 0 Å². The highest BCUT2D eigenvalue weighted by molar-refractivity contribution is 7.93. The fourth-order valence-corrected chi connectivity index (χ4v) is 3.87. The molecule has 9 nitrogen and oxygen atoms in total. The summed E-state index contributed by atoms with van der Waals surface area (Å²) in [5.41, 5.74) is 6.14. The smallest absolute Gasteiger partial charge is 0.316 e. The molecule has 0 fully saturated rings. The number of urea groups is 1. The number of hydrogen-bond acceptors (Lipinski definition) is 7. The Hall–Kier alpha value is -3.40. The summed E-state index contributed by atoms with van der Waals surface area (Å²) in [5, 5.41) is 3.02. The number of amides is 2. The van der Waals surface area contributed by atoms with Crippen molar-refractivity contribution in [1.82, 2.24) is 9.97 Å². The predicted molar refractivity (Wildman–Crippen MR) is 107 cm³/mol. The fraction of sp³-hybridized carbons (Fsp3) is 0.167. The number of nitrogens with one attached hydrogen (secondary N) is 1. The zero-order valence-corrected chi connectivity index (χ0v) is 16.3. The van der Waals surface area contributed by atoms with Crippen LogP contribution >= 0.6 is 0 Å². The maximum atomic E-state index is 13.3. The summed E-state index contributed by atoms with van der Waals surface area (Å²) in [6.45, 7) is 0. The normalized spacial score (nSPS) is 12.8. The summed E-state index contributed by atoms with van der Waals surface area (Å²) >= 11 is 0. The molecule has 10 heteroatoms. The van der Waals surface area contributed by atoms with Gasteiger partial charge in [0, 0.05) is 28.3 Å². The second-order valence-electron chi connectivity index (χ2n) is 5.83. The van der Waals surface area contributed by atoms with Crippen LogP contribution in [0, 0.1) is 0 Å². The van der Waals surface area contributed by atoms with Gasteiger partial charge in [-0.15, -0.1) is 0 Å². The van der Waals surface area contributed by atoms with E-state index in [9.17, 15) is 9.00 Å². The van der Waals surface area contributed by atoms with Crippen LogP contribution in [0.1, 0.15) is 0 Å². The molecule has 0 saturated carbocycles. The van der Waals surface area contributed by atoms with Crippen LogP contribution in [0.5, 0.6) is 11.5 Å². The first kappa shape index (κ1) is 19.4. The first-order valence-electron chi connectivity index (χ1n) is 8.09. The molecule has 28 heavy (non-hydrogen) atoms. The van der Waals surface area contributed by atoms with Crippen LogP contribution in [0.25, 0.3) is 10.9 Å². The molecule has 0 aliphatic rings. The van der Waals surface area contributed by atoms with Gasteiger partial charge in [0.25, 0.3) is 0 Å². The molecular formula is C18H19N5O4S. The van der Waals surface area contributed by atoms with Crippen LogP contribution in [0.15, 0.2) is 52.0 Å². The van der Waals surface area contributed by atoms with Gasteiger partial charge in [0.05, 0.1) is 29.5 Å². The van der Waals surface area contributed by atoms with Gasteiger partial charge in [0.15, 0.2) is 17.3 Å². The summed E-state index contributed by atoms with van der Waals surface area (Å²) in [6, 6.07) is 9.19. The van der Waals surface area contributed by atoms with Crippen molar-refractivity contribution in [3.8, 4) is 11.5 Å². The molecule has 1 aromatic heterocycles. The quantitative estimate of drug-likeness (QED) is 0.676. The number of rotatable bonds is 5. The van der Waals surface area contributed by atoms with E-state index >= 15 is 0 Å². The van der Waals surface area contributed by atoms with E-state index < -0.39 is 15.8 Å². The highest BCUT2D eigenvalue weighted by Crippen LogP contribution is 2.35. The second-order valence-corrected chi connectivity index (χ2v) is 8.09. The average Bonchev–Trinajstić information content (AvgIpc) is 2.66. The van der Waals surface area contributed by atoms with E-state index in [1.807, 2.05) is 0 Å². The van der Waals surface area contributed by atoms with E-state index in [0.29, 0.717) is 33.0 Å². The Bertz CT molecular complexity index is 1170. The Kier molecular flexibility index (Phi) is 5.32. The molecule has 1 atom stereocenters. The van der Waals surface area contributed by atoms with Gasteiger partial charge in [-0.3, -0.25) is 0 Å². The zero-order chi connectivity index (χ0) is 20.3. The number of carbonyl (C=O) groups is 1. The summed E-state index contributed by atoms with van der Waals surface area (Å²) in [6.07, 6.45) is 2.83. The van der Waals surface area contributed by atoms with E-state index in [-0.39, 0.29) is 5.82 Å². The highest BCUT2D eigenvalue weighted by atomic mass is 32.2. The Labute approximate surface area is 162 Å². The van der Waals surface area contributed by atoms with Gasteiger partial charge in [0.1, 0.15) is 6.33 Å². The number of anilines is 1. The number of methoxy groups -OCH3 is 2. The van der Waals surface area contributed by atoms with Crippen LogP contribution in [0.2, 0.25) is 0 Å². The van der Waals surface area contributed by atoms with Gasteiger partial charge in [-0.25, -0.2) is 19.0 Å². The van der Waals surface area contributed by atoms with E-state index in [4.69, 9.17) is 15.2 Å². The first-order valence-corrected chi connectivity index (χ1v) is 10.0.